The van der Waals surface area contributed by atoms with E-state index < -0.39 is 11.8 Å². The van der Waals surface area contributed by atoms with Gasteiger partial charge in [0, 0.05) is 11.4 Å². The summed E-state index contributed by atoms with van der Waals surface area (Å²) >= 11 is 5.78. The van der Waals surface area contributed by atoms with Crippen molar-refractivity contribution >= 4 is 23.4 Å². The fourth-order valence-electron chi connectivity index (χ4n) is 1.81. The lowest BCUT2D eigenvalue weighted by Crippen LogP contribution is -2.17. The Bertz CT molecular complexity index is 606. The first kappa shape index (κ1) is 15.3. The number of rotatable bonds is 6. The van der Waals surface area contributed by atoms with Gasteiger partial charge in [0.2, 0.25) is 5.78 Å². The van der Waals surface area contributed by atoms with E-state index in [0.29, 0.717) is 11.4 Å². The molecule has 0 unspecified atom stereocenters. The van der Waals surface area contributed by atoms with Crippen LogP contribution in [0.2, 0.25) is 5.02 Å². The van der Waals surface area contributed by atoms with Crippen LogP contribution >= 0.6 is 11.6 Å². The lowest BCUT2D eigenvalue weighted by Gasteiger charge is -2.04. The number of halogens is 1. The summed E-state index contributed by atoms with van der Waals surface area (Å²) in [6.45, 7) is 0.117. The summed E-state index contributed by atoms with van der Waals surface area (Å²) < 4.78 is 4.99. The first-order valence-electron chi connectivity index (χ1n) is 6.63. The molecule has 108 valence electrons. The Morgan fingerprint density at radius 1 is 0.905 bits per heavy atom. The van der Waals surface area contributed by atoms with Crippen molar-refractivity contribution < 1.29 is 14.3 Å². The second-order valence-electron chi connectivity index (χ2n) is 4.61. The van der Waals surface area contributed by atoms with Gasteiger partial charge in [0.15, 0.2) is 0 Å². The van der Waals surface area contributed by atoms with Gasteiger partial charge >= 0.3 is 5.97 Å². The minimum atomic E-state index is -0.784. The standard InChI is InChI=1S/C17H15ClO3/c18-15-9-6-13(7-10-15)8-11-16(19)17(20)21-12-14-4-2-1-3-5-14/h1-7,9-10H,8,11-12H2. The SMILES string of the molecule is O=C(CCc1ccc(Cl)cc1)C(=O)OCc1ccccc1. The maximum absolute atomic E-state index is 11.7. The molecule has 3 nitrogen and oxygen atoms in total. The summed E-state index contributed by atoms with van der Waals surface area (Å²) in [4.78, 5) is 23.3. The van der Waals surface area contributed by atoms with Crippen molar-refractivity contribution in [3.63, 3.8) is 0 Å². The number of hydrogen-bond acceptors (Lipinski definition) is 3. The first-order valence-corrected chi connectivity index (χ1v) is 7.01. The Kier molecular flexibility index (Phi) is 5.52. The molecule has 0 aromatic heterocycles. The molecule has 0 fully saturated rings. The Balaban J connectivity index is 1.77. The third kappa shape index (κ3) is 5.04. The zero-order valence-electron chi connectivity index (χ0n) is 11.4. The molecular formula is C17H15ClO3. The average Bonchev–Trinajstić information content (AvgIpc) is 2.52. The molecule has 2 rings (SSSR count). The van der Waals surface area contributed by atoms with Crippen LogP contribution in [0.1, 0.15) is 17.5 Å². The number of ether oxygens (including phenoxy) is 1. The number of hydrogen-bond donors (Lipinski definition) is 0. The van der Waals surface area contributed by atoms with Gasteiger partial charge in [-0.05, 0) is 29.7 Å². The van der Waals surface area contributed by atoms with E-state index >= 15 is 0 Å². The quantitative estimate of drug-likeness (QED) is 0.605. The zero-order chi connectivity index (χ0) is 15.1. The van der Waals surface area contributed by atoms with E-state index in [1.165, 1.54) is 0 Å². The number of aryl methyl sites for hydroxylation is 1. The van der Waals surface area contributed by atoms with E-state index in [9.17, 15) is 9.59 Å². The predicted molar refractivity (Wildman–Crippen MR) is 81.0 cm³/mol. The van der Waals surface area contributed by atoms with Crippen molar-refractivity contribution in [3.05, 3.63) is 70.7 Å². The molecule has 0 heterocycles. The summed E-state index contributed by atoms with van der Waals surface area (Å²) in [5.74, 6) is -1.30. The highest BCUT2D eigenvalue weighted by atomic mass is 35.5. The topological polar surface area (TPSA) is 43.4 Å². The lowest BCUT2D eigenvalue weighted by molar-refractivity contribution is -0.154. The van der Waals surface area contributed by atoms with Gasteiger partial charge in [-0.2, -0.15) is 0 Å². The van der Waals surface area contributed by atoms with Gasteiger partial charge in [0.1, 0.15) is 6.61 Å². The minimum Gasteiger partial charge on any atom is -0.455 e. The van der Waals surface area contributed by atoms with Gasteiger partial charge in [-0.25, -0.2) is 4.79 Å². The number of benzene rings is 2. The maximum atomic E-state index is 11.7. The van der Waals surface area contributed by atoms with Crippen LogP contribution in [-0.2, 0) is 27.4 Å². The molecule has 0 bridgehead atoms. The van der Waals surface area contributed by atoms with E-state index in [2.05, 4.69) is 0 Å². The van der Waals surface area contributed by atoms with Gasteiger partial charge in [-0.1, -0.05) is 54.1 Å². The van der Waals surface area contributed by atoms with E-state index in [4.69, 9.17) is 16.3 Å². The molecule has 0 atom stereocenters. The van der Waals surface area contributed by atoms with Crippen LogP contribution < -0.4 is 0 Å². The van der Waals surface area contributed by atoms with Crippen LogP contribution in [0.3, 0.4) is 0 Å². The molecule has 0 aliphatic heterocycles. The highest BCUT2D eigenvalue weighted by molar-refractivity contribution is 6.33. The predicted octanol–water partition coefficient (Wildman–Crippen LogP) is 3.59. The molecule has 0 saturated carbocycles. The highest BCUT2D eigenvalue weighted by Crippen LogP contribution is 2.11. The number of Topliss-reactive ketones (excluding diaryl/α,β-unsaturated/α-hetero) is 1. The minimum absolute atomic E-state index is 0.117. The molecule has 4 heteroatoms. The van der Waals surface area contributed by atoms with Gasteiger partial charge in [-0.15, -0.1) is 0 Å². The van der Waals surface area contributed by atoms with E-state index in [1.807, 2.05) is 42.5 Å². The number of carbonyl (C=O) groups is 2. The summed E-state index contributed by atoms with van der Waals surface area (Å²) in [7, 11) is 0. The molecule has 0 N–H and O–H groups in total. The molecule has 0 spiro atoms. The van der Waals surface area contributed by atoms with Crippen molar-refractivity contribution in [1.29, 1.82) is 0 Å². The Morgan fingerprint density at radius 2 is 1.57 bits per heavy atom. The molecule has 21 heavy (non-hydrogen) atoms. The average molecular weight is 303 g/mol. The largest absolute Gasteiger partial charge is 0.455 e. The van der Waals surface area contributed by atoms with E-state index in [1.54, 1.807) is 12.1 Å². The summed E-state index contributed by atoms with van der Waals surface area (Å²) in [6, 6.07) is 16.5. The smallest absolute Gasteiger partial charge is 0.374 e. The number of carbonyl (C=O) groups excluding carboxylic acids is 2. The summed E-state index contributed by atoms with van der Waals surface area (Å²) in [5, 5.41) is 0.646. The molecule has 0 aliphatic carbocycles. The van der Waals surface area contributed by atoms with Crippen LogP contribution in [-0.4, -0.2) is 11.8 Å². The van der Waals surface area contributed by atoms with Crippen LogP contribution in [0, 0.1) is 0 Å². The fourth-order valence-corrected chi connectivity index (χ4v) is 1.94. The fraction of sp³-hybridized carbons (Fsp3) is 0.176. The molecule has 2 aromatic carbocycles. The zero-order valence-corrected chi connectivity index (χ0v) is 12.2. The van der Waals surface area contributed by atoms with Crippen molar-refractivity contribution in [2.24, 2.45) is 0 Å². The second kappa shape index (κ2) is 7.60. The van der Waals surface area contributed by atoms with Crippen LogP contribution in [0.5, 0.6) is 0 Å². The third-order valence-corrected chi connectivity index (χ3v) is 3.25. The molecule has 0 radical (unpaired) electrons. The number of ketones is 1. The van der Waals surface area contributed by atoms with E-state index in [0.717, 1.165) is 11.1 Å². The second-order valence-corrected chi connectivity index (χ2v) is 5.05. The van der Waals surface area contributed by atoms with Crippen LogP contribution in [0.15, 0.2) is 54.6 Å². The molecule has 0 saturated heterocycles. The lowest BCUT2D eigenvalue weighted by atomic mass is 10.1. The monoisotopic (exact) mass is 302 g/mol. The normalized spacial score (nSPS) is 10.1. The Hall–Kier alpha value is -2.13. The molecular weight excluding hydrogens is 288 g/mol. The van der Waals surface area contributed by atoms with E-state index in [-0.39, 0.29) is 13.0 Å². The third-order valence-electron chi connectivity index (χ3n) is 2.99. The Labute approximate surface area is 128 Å². The maximum Gasteiger partial charge on any atom is 0.374 e. The van der Waals surface area contributed by atoms with Crippen molar-refractivity contribution in [1.82, 2.24) is 0 Å². The van der Waals surface area contributed by atoms with Gasteiger partial charge in [0.25, 0.3) is 0 Å². The van der Waals surface area contributed by atoms with Crippen molar-refractivity contribution in [3.8, 4) is 0 Å². The highest BCUT2D eigenvalue weighted by Gasteiger charge is 2.15. The summed E-state index contributed by atoms with van der Waals surface area (Å²) in [5.41, 5.74) is 1.82. The van der Waals surface area contributed by atoms with Crippen LogP contribution in [0.4, 0.5) is 0 Å². The summed E-state index contributed by atoms with van der Waals surface area (Å²) in [6.07, 6.45) is 0.631. The molecule has 2 aromatic rings. The van der Waals surface area contributed by atoms with Gasteiger partial charge in [0.05, 0.1) is 0 Å². The van der Waals surface area contributed by atoms with Crippen molar-refractivity contribution in [2.45, 2.75) is 19.4 Å². The van der Waals surface area contributed by atoms with Crippen molar-refractivity contribution in [2.75, 3.05) is 0 Å². The first-order chi connectivity index (χ1) is 10.1. The van der Waals surface area contributed by atoms with Gasteiger partial charge < -0.3 is 4.74 Å². The molecule has 0 aliphatic rings. The Morgan fingerprint density at radius 3 is 2.24 bits per heavy atom. The number of esters is 1. The molecule has 0 amide bonds. The van der Waals surface area contributed by atoms with Crippen LogP contribution in [0.25, 0.3) is 0 Å². The van der Waals surface area contributed by atoms with Gasteiger partial charge in [-0.3, -0.25) is 4.79 Å².